The number of benzene rings is 4. The monoisotopic (exact) mass is 637 g/mol. The van der Waals surface area contributed by atoms with Gasteiger partial charge in [-0.3, -0.25) is 14.4 Å². The fourth-order valence-corrected chi connectivity index (χ4v) is 5.26. The van der Waals surface area contributed by atoms with E-state index in [-0.39, 0.29) is 16.6 Å². The zero-order valence-electron chi connectivity index (χ0n) is 22.6. The van der Waals surface area contributed by atoms with Crippen LogP contribution >= 0.6 is 46.6 Å². The Morgan fingerprint density at radius 3 is 2.33 bits per heavy atom. The van der Waals surface area contributed by atoms with E-state index in [9.17, 15) is 14.4 Å². The van der Waals surface area contributed by atoms with Crippen molar-refractivity contribution in [1.29, 1.82) is 0 Å². The molecule has 0 aliphatic heterocycles. The van der Waals surface area contributed by atoms with E-state index in [1.807, 2.05) is 19.1 Å². The molecule has 0 spiro atoms. The molecule has 0 saturated carbocycles. The number of carbonyl (C=O) groups is 3. The molecule has 3 N–H and O–H groups in total. The summed E-state index contributed by atoms with van der Waals surface area (Å²) in [4.78, 5) is 40.0. The van der Waals surface area contributed by atoms with Gasteiger partial charge in [0.05, 0.1) is 15.3 Å². The maximum Gasteiger partial charge on any atom is 0.272 e. The molecule has 0 fully saturated rings. The SMILES string of the molecule is Cc1ccc(Cl)cc1NC(=O)C(C)Sc1cccc(NC(=O)/C(=C\c2cccc(Cl)c2Cl)NC(=O)c2ccccc2)c1. The molecule has 0 bridgehead atoms. The van der Waals surface area contributed by atoms with Crippen molar-refractivity contribution in [2.24, 2.45) is 0 Å². The molecule has 0 aliphatic carbocycles. The molecule has 0 saturated heterocycles. The zero-order chi connectivity index (χ0) is 30.2. The van der Waals surface area contributed by atoms with E-state index >= 15 is 0 Å². The lowest BCUT2D eigenvalue weighted by atomic mass is 10.1. The van der Waals surface area contributed by atoms with Gasteiger partial charge in [0.1, 0.15) is 5.70 Å². The molecule has 0 heterocycles. The van der Waals surface area contributed by atoms with Crippen molar-refractivity contribution in [1.82, 2.24) is 5.32 Å². The molecule has 1 atom stereocenters. The largest absolute Gasteiger partial charge is 0.325 e. The quantitative estimate of drug-likeness (QED) is 0.127. The summed E-state index contributed by atoms with van der Waals surface area (Å²) in [7, 11) is 0. The number of amides is 3. The van der Waals surface area contributed by atoms with E-state index < -0.39 is 17.1 Å². The summed E-state index contributed by atoms with van der Waals surface area (Å²) < 4.78 is 0. The third-order valence-electron chi connectivity index (χ3n) is 6.04. The van der Waals surface area contributed by atoms with Crippen molar-refractivity contribution in [3.8, 4) is 0 Å². The number of anilines is 2. The highest BCUT2D eigenvalue weighted by atomic mass is 35.5. The van der Waals surface area contributed by atoms with E-state index in [4.69, 9.17) is 34.8 Å². The van der Waals surface area contributed by atoms with E-state index in [0.29, 0.717) is 32.5 Å². The molecule has 4 aromatic carbocycles. The van der Waals surface area contributed by atoms with E-state index in [1.165, 1.54) is 17.8 Å². The Hall–Kier alpha value is -3.75. The molecule has 214 valence electrons. The summed E-state index contributed by atoms with van der Waals surface area (Å²) >= 11 is 19.9. The van der Waals surface area contributed by atoms with Crippen LogP contribution in [0, 0.1) is 6.92 Å². The topological polar surface area (TPSA) is 87.3 Å². The molecule has 10 heteroatoms. The van der Waals surface area contributed by atoms with Gasteiger partial charge in [0, 0.05) is 26.9 Å². The summed E-state index contributed by atoms with van der Waals surface area (Å²) in [6.07, 6.45) is 1.47. The van der Waals surface area contributed by atoms with Gasteiger partial charge in [-0.1, -0.05) is 77.3 Å². The fraction of sp³-hybridized carbons (Fsp3) is 0.0938. The summed E-state index contributed by atoms with van der Waals surface area (Å²) in [5, 5.41) is 9.07. The molecule has 3 amide bonds. The fourth-order valence-electron chi connectivity index (χ4n) is 3.80. The van der Waals surface area contributed by atoms with Gasteiger partial charge in [-0.05, 0) is 79.6 Å². The van der Waals surface area contributed by atoms with Crippen LogP contribution in [0.15, 0.2) is 102 Å². The molecule has 4 rings (SSSR count). The van der Waals surface area contributed by atoms with Crippen LogP contribution in [0.5, 0.6) is 0 Å². The lowest BCUT2D eigenvalue weighted by molar-refractivity contribution is -0.115. The maximum absolute atomic E-state index is 13.4. The van der Waals surface area contributed by atoms with Crippen molar-refractivity contribution in [2.45, 2.75) is 24.0 Å². The zero-order valence-corrected chi connectivity index (χ0v) is 25.7. The first-order chi connectivity index (χ1) is 20.1. The van der Waals surface area contributed by atoms with Gasteiger partial charge in [0.25, 0.3) is 11.8 Å². The van der Waals surface area contributed by atoms with Crippen molar-refractivity contribution >= 4 is 81.7 Å². The standard InChI is InChI=1S/C32H26Cl3N3O3S/c1-19-14-15-23(33)17-27(19)37-30(39)20(2)42-25-12-7-11-24(18-25)36-32(41)28(16-22-10-6-13-26(34)29(22)35)38-31(40)21-8-4-3-5-9-21/h3-18,20H,1-2H3,(H,36,41)(H,37,39)(H,38,40)/b28-16+. The van der Waals surface area contributed by atoms with Crippen molar-refractivity contribution in [2.75, 3.05) is 10.6 Å². The van der Waals surface area contributed by atoms with E-state index in [1.54, 1.807) is 85.8 Å². The highest BCUT2D eigenvalue weighted by Gasteiger charge is 2.18. The van der Waals surface area contributed by atoms with Crippen LogP contribution in [0.1, 0.15) is 28.4 Å². The minimum absolute atomic E-state index is 0.0317. The second kappa shape index (κ2) is 14.4. The van der Waals surface area contributed by atoms with Gasteiger partial charge < -0.3 is 16.0 Å². The average molecular weight is 639 g/mol. The van der Waals surface area contributed by atoms with Crippen molar-refractivity contribution in [3.63, 3.8) is 0 Å². The van der Waals surface area contributed by atoms with Crippen molar-refractivity contribution < 1.29 is 14.4 Å². The first kappa shape index (κ1) is 31.2. The Morgan fingerprint density at radius 1 is 0.833 bits per heavy atom. The van der Waals surface area contributed by atoms with Crippen LogP contribution < -0.4 is 16.0 Å². The molecular formula is C32H26Cl3N3O3S. The summed E-state index contributed by atoms with van der Waals surface area (Å²) in [5.74, 6) is -1.22. The molecule has 0 aromatic heterocycles. The third kappa shape index (κ3) is 8.39. The van der Waals surface area contributed by atoms with Gasteiger partial charge in [-0.25, -0.2) is 0 Å². The molecule has 42 heavy (non-hydrogen) atoms. The number of hydrogen-bond donors (Lipinski definition) is 3. The molecule has 0 radical (unpaired) electrons. The number of hydrogen-bond acceptors (Lipinski definition) is 4. The highest BCUT2D eigenvalue weighted by molar-refractivity contribution is 8.00. The predicted molar refractivity (Wildman–Crippen MR) is 174 cm³/mol. The summed E-state index contributed by atoms with van der Waals surface area (Å²) in [6.45, 7) is 3.68. The summed E-state index contributed by atoms with van der Waals surface area (Å²) in [5.41, 5.74) is 2.83. The van der Waals surface area contributed by atoms with E-state index in [0.717, 1.165) is 10.5 Å². The van der Waals surface area contributed by atoms with Crippen LogP contribution in [0.25, 0.3) is 6.08 Å². The van der Waals surface area contributed by atoms with Gasteiger partial charge >= 0.3 is 0 Å². The minimum Gasteiger partial charge on any atom is -0.325 e. The van der Waals surface area contributed by atoms with Gasteiger partial charge in [-0.2, -0.15) is 0 Å². The number of thioether (sulfide) groups is 1. The Kier molecular flexibility index (Phi) is 10.7. The number of carbonyl (C=O) groups excluding carboxylic acids is 3. The van der Waals surface area contributed by atoms with Gasteiger partial charge in [0.2, 0.25) is 5.91 Å². The van der Waals surface area contributed by atoms with Crippen LogP contribution in [-0.4, -0.2) is 23.0 Å². The molecule has 4 aromatic rings. The Balaban J connectivity index is 1.51. The van der Waals surface area contributed by atoms with Crippen LogP contribution in [-0.2, 0) is 9.59 Å². The van der Waals surface area contributed by atoms with Gasteiger partial charge in [-0.15, -0.1) is 11.8 Å². The molecule has 6 nitrogen and oxygen atoms in total. The highest BCUT2D eigenvalue weighted by Crippen LogP contribution is 2.29. The second-order valence-electron chi connectivity index (χ2n) is 9.21. The normalized spacial score (nSPS) is 11.9. The molecular weight excluding hydrogens is 613 g/mol. The van der Waals surface area contributed by atoms with Crippen LogP contribution in [0.4, 0.5) is 11.4 Å². The minimum atomic E-state index is -0.570. The van der Waals surface area contributed by atoms with Crippen LogP contribution in [0.2, 0.25) is 15.1 Å². The average Bonchev–Trinajstić information content (AvgIpc) is 2.97. The third-order valence-corrected chi connectivity index (χ3v) is 8.20. The smallest absolute Gasteiger partial charge is 0.272 e. The first-order valence-corrected chi connectivity index (χ1v) is 14.8. The maximum atomic E-state index is 13.4. The summed E-state index contributed by atoms with van der Waals surface area (Å²) in [6, 6.07) is 25.9. The Bertz CT molecular complexity index is 1660. The first-order valence-electron chi connectivity index (χ1n) is 12.8. The predicted octanol–water partition coefficient (Wildman–Crippen LogP) is 8.48. The number of nitrogens with one attached hydrogen (secondary N) is 3. The van der Waals surface area contributed by atoms with Crippen LogP contribution in [0.3, 0.4) is 0 Å². The van der Waals surface area contributed by atoms with Crippen molar-refractivity contribution in [3.05, 3.63) is 128 Å². The lowest BCUT2D eigenvalue weighted by Gasteiger charge is -2.15. The number of halogens is 3. The Labute approximate surface area is 263 Å². The number of aryl methyl sites for hydroxylation is 1. The number of rotatable bonds is 9. The van der Waals surface area contributed by atoms with Gasteiger partial charge in [0.15, 0.2) is 0 Å². The molecule has 0 aliphatic rings. The second-order valence-corrected chi connectivity index (χ2v) is 11.8. The van der Waals surface area contributed by atoms with E-state index in [2.05, 4.69) is 16.0 Å². The lowest BCUT2D eigenvalue weighted by Crippen LogP contribution is -2.30. The Morgan fingerprint density at radius 2 is 1.57 bits per heavy atom. The molecule has 1 unspecified atom stereocenters.